The van der Waals surface area contributed by atoms with Crippen LogP contribution in [-0.4, -0.2) is 67.6 Å². The average molecular weight is 450 g/mol. The maximum Gasteiger partial charge on any atom is 0.182 e. The van der Waals surface area contributed by atoms with E-state index in [-0.39, 0.29) is 5.83 Å². The Morgan fingerprint density at radius 3 is 2.18 bits per heavy atom. The molecule has 0 saturated carbocycles. The molecule has 0 amide bonds. The van der Waals surface area contributed by atoms with Crippen molar-refractivity contribution in [3.05, 3.63) is 65.7 Å². The average Bonchev–Trinajstić information content (AvgIpc) is 3.09. The summed E-state index contributed by atoms with van der Waals surface area (Å²) in [6, 6.07) is 5.74. The molecule has 5 rings (SSSR count). The summed E-state index contributed by atoms with van der Waals surface area (Å²) < 4.78 is 26.1. The number of pyridine rings is 1. The Kier molecular flexibility index (Phi) is 6.73. The number of halogens is 1. The van der Waals surface area contributed by atoms with Gasteiger partial charge in [0.2, 0.25) is 0 Å². The lowest BCUT2D eigenvalue weighted by Gasteiger charge is -2.34. The lowest BCUT2D eigenvalue weighted by molar-refractivity contribution is 0.121. The first-order valence-electron chi connectivity index (χ1n) is 11.5. The molecule has 0 N–H and O–H groups in total. The van der Waals surface area contributed by atoms with Crippen molar-refractivity contribution in [2.75, 3.05) is 62.4 Å². The second-order valence-electron chi connectivity index (χ2n) is 8.17. The van der Waals surface area contributed by atoms with Gasteiger partial charge in [0.05, 0.1) is 26.4 Å². The van der Waals surface area contributed by atoms with Crippen molar-refractivity contribution in [3.8, 4) is 11.5 Å². The third-order valence-corrected chi connectivity index (χ3v) is 6.03. The summed E-state index contributed by atoms with van der Waals surface area (Å²) in [6.45, 7) is 5.46. The molecule has 3 aliphatic rings. The Bertz CT molecular complexity index is 1020. The molecule has 0 unspecified atom stereocenters. The molecule has 2 aliphatic heterocycles. The number of anilines is 2. The lowest BCUT2D eigenvalue weighted by atomic mass is 10.0. The number of rotatable bonds is 5. The van der Waals surface area contributed by atoms with Crippen LogP contribution in [0, 0.1) is 0 Å². The van der Waals surface area contributed by atoms with Crippen LogP contribution in [-0.2, 0) is 15.9 Å². The molecule has 0 radical (unpaired) electrons. The topological polar surface area (TPSA) is 63.6 Å². The van der Waals surface area contributed by atoms with E-state index in [0.717, 1.165) is 49.1 Å². The van der Waals surface area contributed by atoms with Crippen LogP contribution in [0.1, 0.15) is 12.0 Å². The molecule has 1 aliphatic carbocycles. The van der Waals surface area contributed by atoms with Gasteiger partial charge >= 0.3 is 0 Å². The fourth-order valence-corrected chi connectivity index (χ4v) is 4.29. The summed E-state index contributed by atoms with van der Waals surface area (Å²) in [5, 5.41) is 0. The van der Waals surface area contributed by atoms with Gasteiger partial charge in [0.1, 0.15) is 23.2 Å². The Hall–Kier alpha value is -3.10. The van der Waals surface area contributed by atoms with Gasteiger partial charge < -0.3 is 19.3 Å². The van der Waals surface area contributed by atoms with Crippen molar-refractivity contribution >= 4 is 11.6 Å². The zero-order valence-corrected chi connectivity index (χ0v) is 18.6. The highest BCUT2D eigenvalue weighted by Crippen LogP contribution is 2.35. The van der Waals surface area contributed by atoms with Crippen LogP contribution in [0.4, 0.5) is 16.0 Å². The van der Waals surface area contributed by atoms with E-state index in [1.165, 1.54) is 6.08 Å². The van der Waals surface area contributed by atoms with Crippen molar-refractivity contribution in [1.29, 1.82) is 0 Å². The van der Waals surface area contributed by atoms with E-state index in [0.29, 0.717) is 50.7 Å². The van der Waals surface area contributed by atoms with Crippen LogP contribution < -0.4 is 9.80 Å². The van der Waals surface area contributed by atoms with Gasteiger partial charge in [0, 0.05) is 44.4 Å². The number of morpholine rings is 2. The fourth-order valence-electron chi connectivity index (χ4n) is 4.29. The fraction of sp³-hybridized carbons (Fsp3) is 0.400. The molecule has 4 heterocycles. The molecular weight excluding hydrogens is 421 g/mol. The smallest absolute Gasteiger partial charge is 0.182 e. The molecule has 7 nitrogen and oxygen atoms in total. The van der Waals surface area contributed by atoms with Crippen LogP contribution >= 0.6 is 0 Å². The molecule has 0 spiro atoms. The van der Waals surface area contributed by atoms with E-state index >= 15 is 0 Å². The molecule has 0 aromatic carbocycles. The van der Waals surface area contributed by atoms with Gasteiger partial charge in [-0.3, -0.25) is 4.98 Å². The molecule has 0 atom stereocenters. The Balaban J connectivity index is 1.65. The summed E-state index contributed by atoms with van der Waals surface area (Å²) in [4.78, 5) is 18.9. The third-order valence-electron chi connectivity index (χ3n) is 6.03. The number of hydrogen-bond donors (Lipinski definition) is 0. The summed E-state index contributed by atoms with van der Waals surface area (Å²) in [7, 11) is 0. The van der Waals surface area contributed by atoms with Gasteiger partial charge in [-0.2, -0.15) is 0 Å². The molecule has 8 heteroatoms. The van der Waals surface area contributed by atoms with Gasteiger partial charge in [-0.15, -0.1) is 0 Å². The maximum atomic E-state index is 14.9. The molecule has 33 heavy (non-hydrogen) atoms. The van der Waals surface area contributed by atoms with Crippen LogP contribution in [0.5, 0.6) is 0 Å². The highest BCUT2D eigenvalue weighted by atomic mass is 19.1. The summed E-state index contributed by atoms with van der Waals surface area (Å²) >= 11 is 0. The van der Waals surface area contributed by atoms with Gasteiger partial charge in [-0.1, -0.05) is 24.3 Å². The summed E-state index contributed by atoms with van der Waals surface area (Å²) in [5.74, 6) is 2.04. The second kappa shape index (κ2) is 10.2. The second-order valence-corrected chi connectivity index (χ2v) is 8.17. The van der Waals surface area contributed by atoms with Crippen LogP contribution in [0.3, 0.4) is 0 Å². The summed E-state index contributed by atoms with van der Waals surface area (Å²) in [6.07, 6.45) is 10.1. The number of nitrogens with zero attached hydrogens (tertiary/aromatic N) is 5. The maximum absolute atomic E-state index is 14.9. The van der Waals surface area contributed by atoms with Gasteiger partial charge in [-0.05, 0) is 30.2 Å². The summed E-state index contributed by atoms with van der Waals surface area (Å²) in [5.41, 5.74) is 2.32. The van der Waals surface area contributed by atoms with Crippen molar-refractivity contribution in [3.63, 3.8) is 0 Å². The van der Waals surface area contributed by atoms with E-state index in [2.05, 4.69) is 14.8 Å². The zero-order valence-electron chi connectivity index (χ0n) is 18.6. The first-order valence-corrected chi connectivity index (χ1v) is 11.5. The minimum absolute atomic E-state index is 0.210. The minimum atomic E-state index is -0.210. The molecule has 172 valence electrons. The highest BCUT2D eigenvalue weighted by molar-refractivity contribution is 5.67. The number of allylic oxidation sites excluding steroid dienone is 6. The molecule has 2 aromatic rings. The van der Waals surface area contributed by atoms with Crippen LogP contribution in [0.25, 0.3) is 11.5 Å². The van der Waals surface area contributed by atoms with Crippen molar-refractivity contribution in [2.24, 2.45) is 0 Å². The molecule has 0 bridgehead atoms. The number of ether oxygens (including phenoxy) is 2. The lowest BCUT2D eigenvalue weighted by Crippen LogP contribution is -2.40. The zero-order chi connectivity index (χ0) is 22.5. The van der Waals surface area contributed by atoms with Gasteiger partial charge in [0.15, 0.2) is 5.82 Å². The Morgan fingerprint density at radius 2 is 1.58 bits per heavy atom. The first-order chi connectivity index (χ1) is 16.3. The van der Waals surface area contributed by atoms with Crippen molar-refractivity contribution in [1.82, 2.24) is 15.0 Å². The van der Waals surface area contributed by atoms with E-state index < -0.39 is 0 Å². The van der Waals surface area contributed by atoms with Crippen molar-refractivity contribution < 1.29 is 13.9 Å². The van der Waals surface area contributed by atoms with Gasteiger partial charge in [-0.25, -0.2) is 14.4 Å². The molecule has 2 aromatic heterocycles. The monoisotopic (exact) mass is 449 g/mol. The van der Waals surface area contributed by atoms with Crippen molar-refractivity contribution in [2.45, 2.75) is 12.8 Å². The van der Waals surface area contributed by atoms with E-state index in [9.17, 15) is 4.39 Å². The number of hydrogen-bond acceptors (Lipinski definition) is 7. The molecule has 2 saturated heterocycles. The normalized spacial score (nSPS) is 19.2. The van der Waals surface area contributed by atoms with E-state index in [4.69, 9.17) is 19.4 Å². The van der Waals surface area contributed by atoms with Crippen LogP contribution in [0.2, 0.25) is 0 Å². The third kappa shape index (κ3) is 4.96. The first kappa shape index (κ1) is 21.7. The standard InChI is InChI=1S/C25H28FN5O2/c26-21-7-3-1-2-6-19(21)18-20-24(30-10-14-32-15-11-30)28-23(22-8-4-5-9-27-22)29-25(20)31-12-16-33-17-13-31/h1,3-9H,2,10-18H2. The predicted octanol–water partition coefficient (Wildman–Crippen LogP) is 3.49. The highest BCUT2D eigenvalue weighted by Gasteiger charge is 2.27. The molecule has 2 fully saturated rings. The minimum Gasteiger partial charge on any atom is -0.378 e. The van der Waals surface area contributed by atoms with E-state index in [1.807, 2.05) is 30.4 Å². The van der Waals surface area contributed by atoms with Gasteiger partial charge in [0.25, 0.3) is 0 Å². The quantitative estimate of drug-likeness (QED) is 0.692. The largest absolute Gasteiger partial charge is 0.378 e. The Labute approximate surface area is 193 Å². The predicted molar refractivity (Wildman–Crippen MR) is 126 cm³/mol. The Morgan fingerprint density at radius 1 is 0.909 bits per heavy atom. The molecular formula is C25H28FN5O2. The van der Waals surface area contributed by atoms with E-state index in [1.54, 1.807) is 12.3 Å². The van der Waals surface area contributed by atoms with Crippen LogP contribution in [0.15, 0.2) is 60.1 Å². The SMILES string of the molecule is FC1=CC=CCC=C1Cc1c(N2CCOCC2)nc(-c2ccccn2)nc1N1CCOCC1. The number of aromatic nitrogens is 3.